The molecular formula is C23H32N2O2. The highest BCUT2D eigenvalue weighted by Gasteiger charge is 2.41. The third-order valence-corrected chi connectivity index (χ3v) is 6.86. The van der Waals surface area contributed by atoms with Crippen LogP contribution in [0.25, 0.3) is 0 Å². The van der Waals surface area contributed by atoms with Gasteiger partial charge in [-0.25, -0.2) is 0 Å². The van der Waals surface area contributed by atoms with Crippen molar-refractivity contribution < 1.29 is 9.59 Å². The third kappa shape index (κ3) is 4.20. The van der Waals surface area contributed by atoms with Gasteiger partial charge in [0.2, 0.25) is 11.8 Å². The lowest BCUT2D eigenvalue weighted by Gasteiger charge is -2.48. The van der Waals surface area contributed by atoms with Crippen molar-refractivity contribution in [3.8, 4) is 0 Å². The predicted octanol–water partition coefficient (Wildman–Crippen LogP) is 3.65. The molecule has 27 heavy (non-hydrogen) atoms. The minimum atomic E-state index is 0.293. The second kappa shape index (κ2) is 8.45. The Morgan fingerprint density at radius 1 is 0.963 bits per heavy atom. The maximum Gasteiger partial charge on any atom is 0.225 e. The summed E-state index contributed by atoms with van der Waals surface area (Å²) in [6.07, 6.45) is 9.12. The zero-order chi connectivity index (χ0) is 18.6. The van der Waals surface area contributed by atoms with Gasteiger partial charge in [0, 0.05) is 38.0 Å². The summed E-state index contributed by atoms with van der Waals surface area (Å²) in [6, 6.07) is 10.8. The van der Waals surface area contributed by atoms with E-state index in [1.54, 1.807) is 0 Å². The first-order valence-corrected chi connectivity index (χ1v) is 10.8. The number of likely N-dealkylation sites (tertiary alicyclic amines) is 2. The van der Waals surface area contributed by atoms with Gasteiger partial charge in [0.25, 0.3) is 0 Å². The maximum atomic E-state index is 12.8. The van der Waals surface area contributed by atoms with E-state index in [0.29, 0.717) is 36.1 Å². The van der Waals surface area contributed by atoms with Crippen molar-refractivity contribution in [2.45, 2.75) is 63.8 Å². The molecule has 4 nitrogen and oxygen atoms in total. The lowest BCUT2D eigenvalue weighted by Crippen LogP contribution is -2.58. The van der Waals surface area contributed by atoms with Gasteiger partial charge in [0.1, 0.15) is 0 Å². The number of rotatable bonds is 5. The van der Waals surface area contributed by atoms with Gasteiger partial charge in [0.05, 0.1) is 0 Å². The molecule has 0 N–H and O–H groups in total. The van der Waals surface area contributed by atoms with E-state index in [1.807, 2.05) is 6.07 Å². The molecule has 2 saturated heterocycles. The van der Waals surface area contributed by atoms with Gasteiger partial charge in [-0.1, -0.05) is 36.8 Å². The first kappa shape index (κ1) is 18.5. The fourth-order valence-electron chi connectivity index (χ4n) is 5.04. The molecule has 3 aliphatic rings. The smallest absolute Gasteiger partial charge is 0.225 e. The van der Waals surface area contributed by atoms with Crippen molar-refractivity contribution >= 4 is 11.8 Å². The van der Waals surface area contributed by atoms with E-state index in [2.05, 4.69) is 34.1 Å². The molecule has 3 fully saturated rings. The molecular weight excluding hydrogens is 336 g/mol. The normalized spacial score (nSPS) is 25.6. The maximum absolute atomic E-state index is 12.8. The van der Waals surface area contributed by atoms with Gasteiger partial charge in [-0.05, 0) is 56.4 Å². The molecule has 0 aromatic heterocycles. The number of benzene rings is 1. The van der Waals surface area contributed by atoms with Crippen LogP contribution >= 0.6 is 0 Å². The number of nitrogens with zero attached hydrogens (tertiary/aromatic N) is 2. The Labute approximate surface area is 162 Å². The van der Waals surface area contributed by atoms with Crippen LogP contribution in [0.4, 0.5) is 0 Å². The standard InChI is InChI=1S/C23H32N2O2/c26-22(13-4-9-18-7-2-1-3-8-18)24-16-14-21-20(17-24)12-6-15-25(21)23(27)19-10-5-11-19/h1-3,7-8,19-21H,4-6,9-17H2/t20-,21+/m1/s1. The van der Waals surface area contributed by atoms with Gasteiger partial charge in [0.15, 0.2) is 0 Å². The summed E-state index contributed by atoms with van der Waals surface area (Å²) in [4.78, 5) is 29.7. The van der Waals surface area contributed by atoms with Crippen LogP contribution in [-0.2, 0) is 16.0 Å². The van der Waals surface area contributed by atoms with Crippen LogP contribution in [0.1, 0.15) is 56.9 Å². The molecule has 0 radical (unpaired) electrons. The molecule has 146 valence electrons. The van der Waals surface area contributed by atoms with Gasteiger partial charge < -0.3 is 9.80 Å². The molecule has 0 spiro atoms. The van der Waals surface area contributed by atoms with Crippen molar-refractivity contribution in [2.75, 3.05) is 19.6 Å². The lowest BCUT2D eigenvalue weighted by atomic mass is 9.80. The Morgan fingerprint density at radius 2 is 1.78 bits per heavy atom. The molecule has 2 amide bonds. The summed E-state index contributed by atoms with van der Waals surface area (Å²) in [5, 5.41) is 0. The van der Waals surface area contributed by atoms with Crippen molar-refractivity contribution in [3.05, 3.63) is 35.9 Å². The third-order valence-electron chi connectivity index (χ3n) is 6.86. The average molecular weight is 369 g/mol. The number of piperidine rings is 2. The molecule has 2 aliphatic heterocycles. The number of carbonyl (C=O) groups is 2. The molecule has 0 unspecified atom stereocenters. The molecule has 1 aromatic carbocycles. The molecule has 1 saturated carbocycles. The SMILES string of the molecule is O=C(CCCc1ccccc1)N1CC[C@H]2[C@H](CCCN2C(=O)C2CCC2)C1. The fraction of sp³-hybridized carbons (Fsp3) is 0.652. The highest BCUT2D eigenvalue weighted by Crippen LogP contribution is 2.35. The summed E-state index contributed by atoms with van der Waals surface area (Å²) < 4.78 is 0. The topological polar surface area (TPSA) is 40.6 Å². The Morgan fingerprint density at radius 3 is 2.52 bits per heavy atom. The molecule has 1 aromatic rings. The largest absolute Gasteiger partial charge is 0.342 e. The van der Waals surface area contributed by atoms with E-state index >= 15 is 0 Å². The zero-order valence-electron chi connectivity index (χ0n) is 16.3. The van der Waals surface area contributed by atoms with Crippen molar-refractivity contribution in [1.29, 1.82) is 0 Å². The highest BCUT2D eigenvalue weighted by atomic mass is 16.2. The van der Waals surface area contributed by atoms with Gasteiger partial charge >= 0.3 is 0 Å². The van der Waals surface area contributed by atoms with Gasteiger partial charge in [-0.2, -0.15) is 0 Å². The number of carbonyl (C=O) groups excluding carboxylic acids is 2. The van der Waals surface area contributed by atoms with Crippen LogP contribution in [0.15, 0.2) is 30.3 Å². The second-order valence-electron chi connectivity index (χ2n) is 8.60. The monoisotopic (exact) mass is 368 g/mol. The summed E-state index contributed by atoms with van der Waals surface area (Å²) >= 11 is 0. The van der Waals surface area contributed by atoms with Crippen molar-refractivity contribution in [1.82, 2.24) is 9.80 Å². The number of amides is 2. The Hall–Kier alpha value is -1.84. The Kier molecular flexibility index (Phi) is 5.80. The average Bonchev–Trinajstić information content (AvgIpc) is 2.66. The van der Waals surface area contributed by atoms with Gasteiger partial charge in [-0.3, -0.25) is 9.59 Å². The number of fused-ring (bicyclic) bond motifs is 1. The quantitative estimate of drug-likeness (QED) is 0.796. The first-order valence-electron chi connectivity index (χ1n) is 10.8. The van der Waals surface area contributed by atoms with E-state index in [1.165, 1.54) is 12.0 Å². The second-order valence-corrected chi connectivity index (χ2v) is 8.60. The summed E-state index contributed by atoms with van der Waals surface area (Å²) in [6.45, 7) is 2.60. The number of hydrogen-bond donors (Lipinski definition) is 0. The van der Waals surface area contributed by atoms with Crippen LogP contribution < -0.4 is 0 Å². The van der Waals surface area contributed by atoms with Crippen molar-refractivity contribution in [3.63, 3.8) is 0 Å². The molecule has 4 heteroatoms. The van der Waals surface area contributed by atoms with Crippen molar-refractivity contribution in [2.24, 2.45) is 11.8 Å². The van der Waals surface area contributed by atoms with E-state index in [0.717, 1.165) is 64.6 Å². The molecule has 2 atom stereocenters. The fourth-order valence-corrected chi connectivity index (χ4v) is 5.04. The Bertz CT molecular complexity index is 656. The van der Waals surface area contributed by atoms with Gasteiger partial charge in [-0.15, -0.1) is 0 Å². The lowest BCUT2D eigenvalue weighted by molar-refractivity contribution is -0.147. The highest BCUT2D eigenvalue weighted by molar-refractivity contribution is 5.80. The van der Waals surface area contributed by atoms with Crippen LogP contribution in [0.5, 0.6) is 0 Å². The predicted molar refractivity (Wildman–Crippen MR) is 106 cm³/mol. The van der Waals surface area contributed by atoms with E-state index in [9.17, 15) is 9.59 Å². The van der Waals surface area contributed by atoms with Crippen LogP contribution in [0.2, 0.25) is 0 Å². The molecule has 1 aliphatic carbocycles. The van der Waals surface area contributed by atoms with Crippen LogP contribution in [-0.4, -0.2) is 47.3 Å². The summed E-state index contributed by atoms with van der Waals surface area (Å²) in [5.74, 6) is 1.47. The van der Waals surface area contributed by atoms with E-state index < -0.39 is 0 Å². The molecule has 2 heterocycles. The number of hydrogen-bond acceptors (Lipinski definition) is 2. The van der Waals surface area contributed by atoms with E-state index in [-0.39, 0.29) is 0 Å². The van der Waals surface area contributed by atoms with E-state index in [4.69, 9.17) is 0 Å². The minimum Gasteiger partial charge on any atom is -0.342 e. The minimum absolute atomic E-state index is 0.293. The number of aryl methyl sites for hydroxylation is 1. The first-order chi connectivity index (χ1) is 13.2. The van der Waals surface area contributed by atoms with Crippen LogP contribution in [0, 0.1) is 11.8 Å². The zero-order valence-corrected chi connectivity index (χ0v) is 16.3. The molecule has 4 rings (SSSR count). The van der Waals surface area contributed by atoms with Crippen LogP contribution in [0.3, 0.4) is 0 Å². The summed E-state index contributed by atoms with van der Waals surface area (Å²) in [5.41, 5.74) is 1.31. The summed E-state index contributed by atoms with van der Waals surface area (Å²) in [7, 11) is 0. The molecule has 0 bridgehead atoms. The Balaban J connectivity index is 1.27.